The molecule has 4 rings (SSSR count). The molecule has 1 amide bonds. The van der Waals surface area contributed by atoms with Crippen LogP contribution in [-0.4, -0.2) is 44.9 Å². The predicted octanol–water partition coefficient (Wildman–Crippen LogP) is 4.19. The minimum absolute atomic E-state index is 0.0801. The van der Waals surface area contributed by atoms with Gasteiger partial charge in [0.1, 0.15) is 11.1 Å². The molecule has 9 nitrogen and oxygen atoms in total. The first kappa shape index (κ1) is 25.3. The lowest BCUT2D eigenvalue weighted by molar-refractivity contribution is 0.0500. The molecule has 1 fully saturated rings. The Bertz CT molecular complexity index is 1360. The maximum absolute atomic E-state index is 13.6. The van der Waals surface area contributed by atoms with Crippen molar-refractivity contribution in [1.82, 2.24) is 19.4 Å². The van der Waals surface area contributed by atoms with E-state index in [1.807, 2.05) is 58.9 Å². The van der Waals surface area contributed by atoms with Crippen molar-refractivity contribution in [1.29, 1.82) is 5.26 Å². The molecule has 36 heavy (non-hydrogen) atoms. The van der Waals surface area contributed by atoms with Crippen LogP contribution in [0.1, 0.15) is 64.6 Å². The highest BCUT2D eigenvalue weighted by molar-refractivity contribution is 5.87. The van der Waals surface area contributed by atoms with Crippen molar-refractivity contribution in [3.05, 3.63) is 58.1 Å². The summed E-state index contributed by atoms with van der Waals surface area (Å²) >= 11 is 0. The van der Waals surface area contributed by atoms with E-state index in [1.165, 1.54) is 0 Å². The normalized spacial score (nSPS) is 16.2. The Morgan fingerprint density at radius 3 is 2.72 bits per heavy atom. The molecule has 1 aliphatic rings. The van der Waals surface area contributed by atoms with E-state index in [0.29, 0.717) is 17.8 Å². The molecule has 0 radical (unpaired) electrons. The number of hydrogen-bond donors (Lipinski definition) is 1. The Labute approximate surface area is 211 Å². The summed E-state index contributed by atoms with van der Waals surface area (Å²) in [4.78, 5) is 32.8. The van der Waals surface area contributed by atoms with Crippen molar-refractivity contribution < 1.29 is 9.53 Å². The largest absolute Gasteiger partial charge is 0.444 e. The Balaban J connectivity index is 1.74. The topological polar surface area (TPSA) is 105 Å². The van der Waals surface area contributed by atoms with Crippen LogP contribution in [0.25, 0.3) is 11.2 Å². The molecule has 1 saturated heterocycles. The molecular weight excluding hydrogens is 456 g/mol. The summed E-state index contributed by atoms with van der Waals surface area (Å²) in [5.41, 5.74) is 2.84. The van der Waals surface area contributed by atoms with Crippen LogP contribution in [0.2, 0.25) is 0 Å². The molecular formula is C27H34N6O3. The van der Waals surface area contributed by atoms with Crippen LogP contribution < -0.4 is 15.9 Å². The summed E-state index contributed by atoms with van der Waals surface area (Å²) < 4.78 is 8.87. The Morgan fingerprint density at radius 1 is 1.28 bits per heavy atom. The minimum atomic E-state index is -0.564. The van der Waals surface area contributed by atoms with E-state index in [-0.39, 0.29) is 24.3 Å². The molecule has 2 aromatic heterocycles. The second kappa shape index (κ2) is 10.1. The number of ether oxygens (including phenoxy) is 1. The number of pyridine rings is 1. The third-order valence-electron chi connectivity index (χ3n) is 6.28. The van der Waals surface area contributed by atoms with Crippen LogP contribution in [0.4, 0.5) is 10.5 Å². The molecule has 3 heterocycles. The number of anilines is 1. The number of carbonyl (C=O) groups is 1. The zero-order chi connectivity index (χ0) is 26.0. The zero-order valence-corrected chi connectivity index (χ0v) is 21.6. The van der Waals surface area contributed by atoms with Gasteiger partial charge < -0.3 is 15.0 Å². The van der Waals surface area contributed by atoms with E-state index < -0.39 is 11.7 Å². The molecule has 0 unspecified atom stereocenters. The molecule has 0 saturated carbocycles. The number of carbonyl (C=O) groups excluding carboxylic acids is 1. The van der Waals surface area contributed by atoms with Gasteiger partial charge in [0, 0.05) is 31.4 Å². The lowest BCUT2D eigenvalue weighted by atomic mass is 10.0. The standard InChI is InChI=1S/C27H34N6O3/c1-18(2)33-24-23(32(26(33)35)16-20-10-7-6-9-19(20)15-28)22(12-13-29-24)31-14-8-11-21(17-31)30-25(34)36-27(3,4)5/h6-7,9-10,12-13,18,21H,8,11,14,16-17H2,1-5H3,(H,30,34)/t21-/m1/s1. The number of aromatic nitrogens is 3. The average molecular weight is 491 g/mol. The number of piperidine rings is 1. The maximum Gasteiger partial charge on any atom is 0.407 e. The van der Waals surface area contributed by atoms with E-state index in [1.54, 1.807) is 21.4 Å². The number of nitrogens with zero attached hydrogens (tertiary/aromatic N) is 5. The van der Waals surface area contributed by atoms with Gasteiger partial charge in [-0.15, -0.1) is 0 Å². The highest BCUT2D eigenvalue weighted by Gasteiger charge is 2.28. The third-order valence-corrected chi connectivity index (χ3v) is 6.28. The fourth-order valence-electron chi connectivity index (χ4n) is 4.78. The molecule has 1 aliphatic heterocycles. The molecule has 0 spiro atoms. The number of hydrogen-bond acceptors (Lipinski definition) is 6. The SMILES string of the molecule is CC(C)n1c(=O)n(Cc2ccccc2C#N)c2c(N3CCC[C@@H](NC(=O)OC(C)(C)C)C3)ccnc21. The number of nitrogens with one attached hydrogen (secondary N) is 1. The summed E-state index contributed by atoms with van der Waals surface area (Å²) in [6.45, 7) is 11.1. The highest BCUT2D eigenvalue weighted by Crippen LogP contribution is 2.29. The van der Waals surface area contributed by atoms with Crippen LogP contribution in [0.5, 0.6) is 0 Å². The van der Waals surface area contributed by atoms with Gasteiger partial charge in [0.05, 0.1) is 23.9 Å². The van der Waals surface area contributed by atoms with Gasteiger partial charge in [0.2, 0.25) is 0 Å². The lowest BCUT2D eigenvalue weighted by Crippen LogP contribution is -2.49. The minimum Gasteiger partial charge on any atom is -0.444 e. The number of benzene rings is 1. The van der Waals surface area contributed by atoms with Crippen molar-refractivity contribution in [2.45, 2.75) is 71.7 Å². The molecule has 0 bridgehead atoms. The fourth-order valence-corrected chi connectivity index (χ4v) is 4.78. The molecule has 1 N–H and O–H groups in total. The molecule has 0 aliphatic carbocycles. The Hall–Kier alpha value is -3.80. The van der Waals surface area contributed by atoms with Gasteiger partial charge in [-0.1, -0.05) is 18.2 Å². The smallest absolute Gasteiger partial charge is 0.407 e. The number of amides is 1. The van der Waals surface area contributed by atoms with E-state index in [9.17, 15) is 14.9 Å². The average Bonchev–Trinajstić information content (AvgIpc) is 3.09. The van der Waals surface area contributed by atoms with Crippen LogP contribution in [-0.2, 0) is 11.3 Å². The number of alkyl carbamates (subject to hydrolysis) is 1. The second-order valence-electron chi connectivity index (χ2n) is 10.5. The zero-order valence-electron chi connectivity index (χ0n) is 21.6. The van der Waals surface area contributed by atoms with E-state index in [2.05, 4.69) is 21.3 Å². The van der Waals surface area contributed by atoms with Crippen molar-refractivity contribution in [2.75, 3.05) is 18.0 Å². The van der Waals surface area contributed by atoms with E-state index in [0.717, 1.165) is 36.2 Å². The summed E-state index contributed by atoms with van der Waals surface area (Å²) in [5.74, 6) is 0. The summed E-state index contributed by atoms with van der Waals surface area (Å²) in [7, 11) is 0. The Kier molecular flexibility index (Phi) is 7.07. The molecule has 3 aromatic rings. The van der Waals surface area contributed by atoms with Crippen LogP contribution >= 0.6 is 0 Å². The summed E-state index contributed by atoms with van der Waals surface area (Å²) in [6, 6.07) is 11.3. The number of imidazole rings is 1. The quantitative estimate of drug-likeness (QED) is 0.575. The monoisotopic (exact) mass is 490 g/mol. The third kappa shape index (κ3) is 5.23. The van der Waals surface area contributed by atoms with Crippen molar-refractivity contribution in [3.8, 4) is 6.07 Å². The van der Waals surface area contributed by atoms with Crippen molar-refractivity contribution in [2.24, 2.45) is 0 Å². The number of fused-ring (bicyclic) bond motifs is 1. The van der Waals surface area contributed by atoms with Gasteiger partial charge in [0.25, 0.3) is 0 Å². The van der Waals surface area contributed by atoms with Crippen LogP contribution in [0.15, 0.2) is 41.3 Å². The van der Waals surface area contributed by atoms with Crippen molar-refractivity contribution in [3.63, 3.8) is 0 Å². The van der Waals surface area contributed by atoms with Gasteiger partial charge in [-0.3, -0.25) is 9.13 Å². The number of rotatable bonds is 5. The molecule has 1 atom stereocenters. The lowest BCUT2D eigenvalue weighted by Gasteiger charge is -2.35. The van der Waals surface area contributed by atoms with Gasteiger partial charge in [0.15, 0.2) is 5.65 Å². The van der Waals surface area contributed by atoms with E-state index >= 15 is 0 Å². The predicted molar refractivity (Wildman–Crippen MR) is 139 cm³/mol. The van der Waals surface area contributed by atoms with Crippen molar-refractivity contribution >= 4 is 22.9 Å². The van der Waals surface area contributed by atoms with Gasteiger partial charge >= 0.3 is 11.8 Å². The first-order valence-corrected chi connectivity index (χ1v) is 12.4. The van der Waals surface area contributed by atoms with Gasteiger partial charge in [-0.25, -0.2) is 14.6 Å². The first-order valence-electron chi connectivity index (χ1n) is 12.4. The molecule has 1 aromatic carbocycles. The molecule has 9 heteroatoms. The van der Waals surface area contributed by atoms with Crippen LogP contribution in [0.3, 0.4) is 0 Å². The molecule has 190 valence electrons. The summed E-state index contributed by atoms with van der Waals surface area (Å²) in [6.07, 6.45) is 3.04. The Morgan fingerprint density at radius 2 is 2.03 bits per heavy atom. The second-order valence-corrected chi connectivity index (χ2v) is 10.5. The van der Waals surface area contributed by atoms with E-state index in [4.69, 9.17) is 4.74 Å². The van der Waals surface area contributed by atoms with Gasteiger partial charge in [-0.2, -0.15) is 5.26 Å². The maximum atomic E-state index is 13.6. The first-order chi connectivity index (χ1) is 17.1. The van der Waals surface area contributed by atoms with Crippen LogP contribution in [0, 0.1) is 11.3 Å². The van der Waals surface area contributed by atoms with Gasteiger partial charge in [-0.05, 0) is 65.2 Å². The fraction of sp³-hybridized carbons (Fsp3) is 0.481. The summed E-state index contributed by atoms with van der Waals surface area (Å²) in [5, 5.41) is 12.6. The highest BCUT2D eigenvalue weighted by atomic mass is 16.6. The number of nitriles is 1.